The van der Waals surface area contributed by atoms with Crippen LogP contribution < -0.4 is 4.90 Å². The van der Waals surface area contributed by atoms with Crippen LogP contribution in [-0.2, 0) is 7.05 Å². The summed E-state index contributed by atoms with van der Waals surface area (Å²) in [6, 6.07) is 14.9. The summed E-state index contributed by atoms with van der Waals surface area (Å²) in [7, 11) is 2.03. The van der Waals surface area contributed by atoms with Crippen LogP contribution in [0.3, 0.4) is 0 Å². The van der Waals surface area contributed by atoms with Crippen LogP contribution >= 0.6 is 11.3 Å². The lowest BCUT2D eigenvalue weighted by atomic mass is 9.93. The number of nitrogens with zero attached hydrogens (tertiary/aromatic N) is 5. The van der Waals surface area contributed by atoms with Gasteiger partial charge in [-0.15, -0.1) is 11.3 Å². The first kappa shape index (κ1) is 16.4. The third-order valence-corrected chi connectivity index (χ3v) is 6.53. The Morgan fingerprint density at radius 2 is 1.85 bits per heavy atom. The van der Waals surface area contributed by atoms with Gasteiger partial charge in [0.15, 0.2) is 0 Å². The van der Waals surface area contributed by atoms with Crippen LogP contribution in [0.4, 0.5) is 5.82 Å². The molecule has 0 atom stereocenters. The summed E-state index contributed by atoms with van der Waals surface area (Å²) in [5.74, 6) is 1.65. The molecule has 0 spiro atoms. The fourth-order valence-corrected chi connectivity index (χ4v) is 5.01. The highest BCUT2D eigenvalue weighted by Gasteiger charge is 2.25. The average molecular weight is 376 g/mol. The lowest BCUT2D eigenvalue weighted by molar-refractivity contribution is 0.476. The van der Waals surface area contributed by atoms with Crippen molar-refractivity contribution in [3.63, 3.8) is 0 Å². The number of aromatic nitrogens is 4. The Bertz CT molecular complexity index is 1060. The maximum absolute atomic E-state index is 4.65. The van der Waals surface area contributed by atoms with Crippen molar-refractivity contribution in [2.24, 2.45) is 7.05 Å². The van der Waals surface area contributed by atoms with E-state index in [2.05, 4.69) is 62.4 Å². The molecule has 0 aliphatic carbocycles. The fourth-order valence-electron chi connectivity index (χ4n) is 4.01. The minimum atomic E-state index is 0.577. The second-order valence-electron chi connectivity index (χ2n) is 7.03. The number of aryl methyl sites for hydroxylation is 1. The quantitative estimate of drug-likeness (QED) is 0.530. The monoisotopic (exact) mass is 375 g/mol. The van der Waals surface area contributed by atoms with Crippen LogP contribution in [0.15, 0.2) is 55.0 Å². The van der Waals surface area contributed by atoms with Gasteiger partial charge in [-0.05, 0) is 30.5 Å². The minimum absolute atomic E-state index is 0.577. The summed E-state index contributed by atoms with van der Waals surface area (Å²) in [5.41, 5.74) is 2.57. The summed E-state index contributed by atoms with van der Waals surface area (Å²) in [6.45, 7) is 2.02. The molecule has 136 valence electrons. The fraction of sp³-hybridized carbons (Fsp3) is 0.286. The lowest BCUT2D eigenvalue weighted by Gasteiger charge is -2.33. The van der Waals surface area contributed by atoms with Crippen LogP contribution in [0.25, 0.3) is 20.7 Å². The lowest BCUT2D eigenvalue weighted by Crippen LogP contribution is -2.34. The summed E-state index contributed by atoms with van der Waals surface area (Å²) in [4.78, 5) is 13.9. The van der Waals surface area contributed by atoms with Crippen LogP contribution in [-0.4, -0.2) is 32.8 Å². The summed E-state index contributed by atoms with van der Waals surface area (Å²) in [6.07, 6.45) is 5.85. The van der Waals surface area contributed by atoms with E-state index in [1.54, 1.807) is 17.7 Å². The molecular weight excluding hydrogens is 354 g/mol. The molecule has 27 heavy (non-hydrogen) atoms. The Morgan fingerprint density at radius 3 is 2.59 bits per heavy atom. The molecule has 1 saturated heterocycles. The Hall–Kier alpha value is -2.73. The normalized spacial score (nSPS) is 15.5. The van der Waals surface area contributed by atoms with Crippen molar-refractivity contribution in [3.8, 4) is 10.4 Å². The number of hydrogen-bond acceptors (Lipinski definition) is 5. The van der Waals surface area contributed by atoms with Gasteiger partial charge in [0.25, 0.3) is 0 Å². The summed E-state index contributed by atoms with van der Waals surface area (Å²) in [5, 5.41) is 5.49. The molecule has 0 bridgehead atoms. The molecule has 5 rings (SSSR count). The molecule has 0 amide bonds. The largest absolute Gasteiger partial charge is 0.356 e. The van der Waals surface area contributed by atoms with Crippen molar-refractivity contribution in [1.29, 1.82) is 0 Å². The van der Waals surface area contributed by atoms with Gasteiger partial charge in [-0.3, -0.25) is 4.68 Å². The minimum Gasteiger partial charge on any atom is -0.356 e. The van der Waals surface area contributed by atoms with E-state index in [-0.39, 0.29) is 0 Å². The van der Waals surface area contributed by atoms with Gasteiger partial charge in [-0.25, -0.2) is 9.97 Å². The van der Waals surface area contributed by atoms with E-state index in [9.17, 15) is 0 Å². The number of fused-ring (bicyclic) bond motifs is 1. The van der Waals surface area contributed by atoms with Gasteiger partial charge in [-0.2, -0.15) is 5.10 Å². The molecule has 6 heteroatoms. The summed E-state index contributed by atoms with van der Waals surface area (Å²) < 4.78 is 2.01. The van der Waals surface area contributed by atoms with Gasteiger partial charge in [-0.1, -0.05) is 30.3 Å². The smallest absolute Gasteiger partial charge is 0.140 e. The summed E-state index contributed by atoms with van der Waals surface area (Å²) >= 11 is 1.74. The topological polar surface area (TPSA) is 46.8 Å². The number of hydrogen-bond donors (Lipinski definition) is 0. The molecule has 0 N–H and O–H groups in total. The zero-order chi connectivity index (χ0) is 18.2. The Kier molecular flexibility index (Phi) is 4.13. The standard InChI is InChI=1S/C21H21N5S/c1-25-18(7-10-24-25)15-8-11-26(12-9-15)20-17-13-19(16-5-3-2-4-6-16)27-21(17)23-14-22-20/h2-7,10,13-15H,8-9,11-12H2,1H3. The van der Waals surface area contributed by atoms with Crippen LogP contribution in [0.2, 0.25) is 0 Å². The molecule has 5 nitrogen and oxygen atoms in total. The number of anilines is 1. The highest BCUT2D eigenvalue weighted by Crippen LogP contribution is 2.37. The first-order chi connectivity index (χ1) is 13.3. The van der Waals surface area contributed by atoms with Crippen molar-refractivity contribution in [2.45, 2.75) is 18.8 Å². The van der Waals surface area contributed by atoms with E-state index in [1.807, 2.05) is 17.9 Å². The molecule has 4 aromatic rings. The molecule has 1 aromatic carbocycles. The third-order valence-electron chi connectivity index (χ3n) is 5.44. The van der Waals surface area contributed by atoms with E-state index >= 15 is 0 Å². The second kappa shape index (κ2) is 6.78. The predicted molar refractivity (Wildman–Crippen MR) is 110 cm³/mol. The highest BCUT2D eigenvalue weighted by molar-refractivity contribution is 7.21. The van der Waals surface area contributed by atoms with E-state index in [4.69, 9.17) is 0 Å². The second-order valence-corrected chi connectivity index (χ2v) is 8.06. The van der Waals surface area contributed by atoms with Crippen LogP contribution in [0.5, 0.6) is 0 Å². The molecule has 1 fully saturated rings. The Labute approximate surface area is 162 Å². The first-order valence-corrected chi connectivity index (χ1v) is 10.1. The maximum Gasteiger partial charge on any atom is 0.140 e. The molecule has 0 saturated carbocycles. The predicted octanol–water partition coefficient (Wildman–Crippen LogP) is 4.48. The molecule has 0 unspecified atom stereocenters. The van der Waals surface area contributed by atoms with Gasteiger partial charge >= 0.3 is 0 Å². The highest BCUT2D eigenvalue weighted by atomic mass is 32.1. The zero-order valence-electron chi connectivity index (χ0n) is 15.2. The van der Waals surface area contributed by atoms with Gasteiger partial charge in [0.2, 0.25) is 0 Å². The SMILES string of the molecule is Cn1nccc1C1CCN(c2ncnc3sc(-c4ccccc4)cc23)CC1. The average Bonchev–Trinajstić information content (AvgIpc) is 3.35. The molecular formula is C21H21N5S. The first-order valence-electron chi connectivity index (χ1n) is 9.32. The maximum atomic E-state index is 4.65. The van der Waals surface area contributed by atoms with Crippen molar-refractivity contribution in [2.75, 3.05) is 18.0 Å². The van der Waals surface area contributed by atoms with Gasteiger partial charge < -0.3 is 4.90 Å². The van der Waals surface area contributed by atoms with Gasteiger partial charge in [0.05, 0.1) is 5.39 Å². The van der Waals surface area contributed by atoms with Crippen molar-refractivity contribution in [1.82, 2.24) is 19.7 Å². The number of rotatable bonds is 3. The molecule has 1 aliphatic heterocycles. The Morgan fingerprint density at radius 1 is 1.04 bits per heavy atom. The van der Waals surface area contributed by atoms with Gasteiger partial charge in [0.1, 0.15) is 17.0 Å². The van der Waals surface area contributed by atoms with E-state index < -0.39 is 0 Å². The van der Waals surface area contributed by atoms with Crippen molar-refractivity contribution >= 4 is 27.4 Å². The molecule has 3 aromatic heterocycles. The number of piperidine rings is 1. The zero-order valence-corrected chi connectivity index (χ0v) is 16.1. The van der Waals surface area contributed by atoms with Crippen molar-refractivity contribution in [3.05, 3.63) is 60.7 Å². The third kappa shape index (κ3) is 3.00. The van der Waals surface area contributed by atoms with E-state index in [0.717, 1.165) is 36.6 Å². The molecule has 0 radical (unpaired) electrons. The number of thiophene rings is 1. The molecule has 4 heterocycles. The van der Waals surface area contributed by atoms with E-state index in [0.29, 0.717) is 5.92 Å². The Balaban J connectivity index is 1.42. The van der Waals surface area contributed by atoms with Crippen LogP contribution in [0.1, 0.15) is 24.5 Å². The van der Waals surface area contributed by atoms with Crippen LogP contribution in [0, 0.1) is 0 Å². The van der Waals surface area contributed by atoms with Crippen molar-refractivity contribution < 1.29 is 0 Å². The van der Waals surface area contributed by atoms with Gasteiger partial charge in [0, 0.05) is 42.8 Å². The number of benzene rings is 1. The van der Waals surface area contributed by atoms with E-state index in [1.165, 1.54) is 21.5 Å². The molecule has 1 aliphatic rings.